The van der Waals surface area contributed by atoms with Crippen molar-refractivity contribution in [1.82, 2.24) is 0 Å². The van der Waals surface area contributed by atoms with Gasteiger partial charge >= 0.3 is 0 Å². The zero-order valence-corrected chi connectivity index (χ0v) is 15.8. The van der Waals surface area contributed by atoms with Crippen LogP contribution in [0.4, 0.5) is 0 Å². The Kier molecular flexibility index (Phi) is 10.5. The Hall–Kier alpha value is -0.600. The molecular weight excluding hydrogens is 336 g/mol. The molecule has 0 bridgehead atoms. The Morgan fingerprint density at radius 1 is 1.05 bits per heavy atom. The van der Waals surface area contributed by atoms with E-state index in [0.717, 1.165) is 10.9 Å². The van der Waals surface area contributed by atoms with Crippen molar-refractivity contribution < 1.29 is 4.74 Å². The lowest BCUT2D eigenvalue weighted by atomic mass is 9.90. The maximum Gasteiger partial charge on any atom is 0.0883 e. The summed E-state index contributed by atoms with van der Waals surface area (Å²) < 4.78 is 6.86. The molecule has 1 aromatic carbocycles. The lowest BCUT2D eigenvalue weighted by Gasteiger charge is -2.24. The highest BCUT2D eigenvalue weighted by atomic mass is 79.9. The van der Waals surface area contributed by atoms with Crippen molar-refractivity contribution >= 4 is 15.9 Å². The number of hydrogen-bond donors (Lipinski definition) is 0. The minimum Gasteiger partial charge on any atom is -0.376 e. The summed E-state index contributed by atoms with van der Waals surface area (Å²) >= 11 is 3.49. The number of unbranched alkanes of at least 4 members (excludes halogenated alkanes) is 6. The molecule has 0 aliphatic heterocycles. The van der Waals surface area contributed by atoms with Crippen molar-refractivity contribution in [2.45, 2.75) is 64.4 Å². The Balaban J connectivity index is 2.40. The van der Waals surface area contributed by atoms with Crippen LogP contribution in [0.1, 0.15) is 70.0 Å². The molecule has 0 spiro atoms. The van der Waals surface area contributed by atoms with Gasteiger partial charge in [0.1, 0.15) is 0 Å². The number of halogens is 1. The molecule has 0 N–H and O–H groups in total. The van der Waals surface area contributed by atoms with Gasteiger partial charge in [0, 0.05) is 17.5 Å². The molecule has 22 heavy (non-hydrogen) atoms. The van der Waals surface area contributed by atoms with Gasteiger partial charge in [0.25, 0.3) is 0 Å². The van der Waals surface area contributed by atoms with Gasteiger partial charge in [-0.25, -0.2) is 0 Å². The molecular formula is C20H31BrO. The molecule has 124 valence electrons. The van der Waals surface area contributed by atoms with Gasteiger partial charge in [-0.05, 0) is 24.1 Å². The maximum atomic E-state index is 5.75. The second-order valence-corrected chi connectivity index (χ2v) is 6.93. The lowest BCUT2D eigenvalue weighted by molar-refractivity contribution is 0.0643. The van der Waals surface area contributed by atoms with Gasteiger partial charge in [-0.3, -0.25) is 0 Å². The highest BCUT2D eigenvalue weighted by Gasteiger charge is 2.19. The third kappa shape index (κ3) is 7.11. The topological polar surface area (TPSA) is 9.23 Å². The quantitative estimate of drug-likeness (QED) is 0.283. The first-order valence-corrected chi connectivity index (χ1v) is 9.43. The normalized spacial score (nSPS) is 13.8. The Labute approximate surface area is 145 Å². The van der Waals surface area contributed by atoms with E-state index in [-0.39, 0.29) is 6.10 Å². The van der Waals surface area contributed by atoms with Gasteiger partial charge in [0.15, 0.2) is 0 Å². The van der Waals surface area contributed by atoms with Crippen LogP contribution in [0.2, 0.25) is 0 Å². The molecule has 0 fully saturated rings. The van der Waals surface area contributed by atoms with E-state index >= 15 is 0 Å². The van der Waals surface area contributed by atoms with Gasteiger partial charge in [0.05, 0.1) is 6.10 Å². The predicted molar refractivity (Wildman–Crippen MR) is 100 cm³/mol. The molecule has 1 rings (SSSR count). The molecule has 1 nitrogen and oxygen atoms in total. The monoisotopic (exact) mass is 366 g/mol. The molecule has 0 amide bonds. The summed E-state index contributed by atoms with van der Waals surface area (Å²) in [5, 5.41) is 0. The SMILES string of the molecule is C=CC(CCCCCCCCC)C(OC)c1ccc(Br)cc1. The molecule has 2 atom stereocenters. The highest BCUT2D eigenvalue weighted by Crippen LogP contribution is 2.31. The van der Waals surface area contributed by atoms with Crippen LogP contribution >= 0.6 is 15.9 Å². The molecule has 2 unspecified atom stereocenters. The first-order valence-electron chi connectivity index (χ1n) is 8.63. The van der Waals surface area contributed by atoms with Crippen molar-refractivity contribution in [1.29, 1.82) is 0 Å². The van der Waals surface area contributed by atoms with Gasteiger partial charge in [-0.2, -0.15) is 0 Å². The van der Waals surface area contributed by atoms with Crippen molar-refractivity contribution in [2.75, 3.05) is 7.11 Å². The first kappa shape index (κ1) is 19.4. The third-order valence-electron chi connectivity index (χ3n) is 4.29. The molecule has 2 heteroatoms. The van der Waals surface area contributed by atoms with Crippen LogP contribution in [-0.2, 0) is 4.74 Å². The van der Waals surface area contributed by atoms with Crippen molar-refractivity contribution in [3.8, 4) is 0 Å². The third-order valence-corrected chi connectivity index (χ3v) is 4.81. The van der Waals surface area contributed by atoms with E-state index < -0.39 is 0 Å². The fraction of sp³-hybridized carbons (Fsp3) is 0.600. The number of rotatable bonds is 12. The fourth-order valence-electron chi connectivity index (χ4n) is 2.94. The summed E-state index contributed by atoms with van der Waals surface area (Å²) in [5.74, 6) is 0.391. The first-order chi connectivity index (χ1) is 10.7. The van der Waals surface area contributed by atoms with Crippen LogP contribution in [0.5, 0.6) is 0 Å². The number of benzene rings is 1. The average molecular weight is 367 g/mol. The molecule has 0 aromatic heterocycles. The van der Waals surface area contributed by atoms with Crippen LogP contribution in [-0.4, -0.2) is 7.11 Å². The summed E-state index contributed by atoms with van der Waals surface area (Å²) in [6.07, 6.45) is 12.8. The fourth-order valence-corrected chi connectivity index (χ4v) is 3.20. The van der Waals surface area contributed by atoms with E-state index in [2.05, 4.69) is 59.8 Å². The van der Waals surface area contributed by atoms with Gasteiger partial charge in [0.2, 0.25) is 0 Å². The summed E-state index contributed by atoms with van der Waals surface area (Å²) in [6.45, 7) is 6.29. The molecule has 0 heterocycles. The van der Waals surface area contributed by atoms with Gasteiger partial charge < -0.3 is 4.74 Å². The summed E-state index contributed by atoms with van der Waals surface area (Å²) in [5.41, 5.74) is 1.23. The Morgan fingerprint density at radius 2 is 1.64 bits per heavy atom. The predicted octanol–water partition coefficient (Wildman–Crippen LogP) is 7.08. The number of hydrogen-bond acceptors (Lipinski definition) is 1. The second-order valence-electron chi connectivity index (χ2n) is 6.02. The summed E-state index contributed by atoms with van der Waals surface area (Å²) in [6, 6.07) is 8.43. The minimum atomic E-state index is 0.116. The van der Waals surface area contributed by atoms with Crippen molar-refractivity contribution in [3.05, 3.63) is 47.0 Å². The number of methoxy groups -OCH3 is 1. The summed E-state index contributed by atoms with van der Waals surface area (Å²) in [4.78, 5) is 0. The van der Waals surface area contributed by atoms with Crippen molar-refractivity contribution in [3.63, 3.8) is 0 Å². The number of ether oxygens (including phenoxy) is 1. The van der Waals surface area contributed by atoms with E-state index in [1.54, 1.807) is 7.11 Å². The summed E-state index contributed by atoms with van der Waals surface area (Å²) in [7, 11) is 1.80. The van der Waals surface area contributed by atoms with Gasteiger partial charge in [-0.1, -0.05) is 86.0 Å². The van der Waals surface area contributed by atoms with E-state index in [1.807, 2.05) is 0 Å². The van der Waals surface area contributed by atoms with E-state index in [9.17, 15) is 0 Å². The van der Waals surface area contributed by atoms with Crippen LogP contribution in [0.15, 0.2) is 41.4 Å². The van der Waals surface area contributed by atoms with Crippen LogP contribution in [0.3, 0.4) is 0 Å². The standard InChI is InChI=1S/C20H31BrO/c1-4-6-7-8-9-10-11-12-17(5-2)20(22-3)18-13-15-19(21)16-14-18/h5,13-17,20H,2,4,6-12H2,1,3H3. The molecule has 1 aromatic rings. The highest BCUT2D eigenvalue weighted by molar-refractivity contribution is 9.10. The maximum absolute atomic E-state index is 5.75. The zero-order chi connectivity index (χ0) is 16.2. The minimum absolute atomic E-state index is 0.116. The molecule has 0 aliphatic carbocycles. The second kappa shape index (κ2) is 11.9. The van der Waals surface area contributed by atoms with E-state index in [0.29, 0.717) is 5.92 Å². The Morgan fingerprint density at radius 3 is 2.18 bits per heavy atom. The smallest absolute Gasteiger partial charge is 0.0883 e. The lowest BCUT2D eigenvalue weighted by Crippen LogP contribution is -2.13. The zero-order valence-electron chi connectivity index (χ0n) is 14.2. The Bertz CT molecular complexity index is 399. The van der Waals surface area contributed by atoms with Crippen LogP contribution in [0.25, 0.3) is 0 Å². The van der Waals surface area contributed by atoms with E-state index in [4.69, 9.17) is 4.74 Å². The largest absolute Gasteiger partial charge is 0.376 e. The molecule has 0 radical (unpaired) electrons. The molecule has 0 saturated carbocycles. The average Bonchev–Trinajstić information content (AvgIpc) is 2.54. The van der Waals surface area contributed by atoms with Crippen LogP contribution in [0, 0.1) is 5.92 Å². The van der Waals surface area contributed by atoms with Gasteiger partial charge in [-0.15, -0.1) is 6.58 Å². The van der Waals surface area contributed by atoms with E-state index in [1.165, 1.54) is 50.5 Å². The molecule has 0 aliphatic rings. The molecule has 0 saturated heterocycles. The van der Waals surface area contributed by atoms with Crippen LogP contribution < -0.4 is 0 Å². The van der Waals surface area contributed by atoms with Crippen molar-refractivity contribution in [2.24, 2.45) is 5.92 Å².